The number of ether oxygens (including phenoxy) is 1. The Balaban J connectivity index is 1.55. The van der Waals surface area contributed by atoms with Crippen molar-refractivity contribution in [2.45, 2.75) is 17.7 Å². The zero-order valence-electron chi connectivity index (χ0n) is 14.9. The van der Waals surface area contributed by atoms with Crippen LogP contribution in [0, 0.1) is 5.92 Å². The van der Waals surface area contributed by atoms with Gasteiger partial charge in [0, 0.05) is 37.3 Å². The fourth-order valence-electron chi connectivity index (χ4n) is 2.92. The topological polar surface area (TPSA) is 110 Å². The highest BCUT2D eigenvalue weighted by Gasteiger charge is 2.22. The molecule has 0 unspecified atom stereocenters. The van der Waals surface area contributed by atoms with Gasteiger partial charge in [-0.05, 0) is 36.5 Å². The molecule has 1 amide bonds. The van der Waals surface area contributed by atoms with Crippen LogP contribution in [0.15, 0.2) is 41.6 Å². The molecule has 8 nitrogen and oxygen atoms in total. The van der Waals surface area contributed by atoms with Gasteiger partial charge in [-0.15, -0.1) is 0 Å². The maximum absolute atomic E-state index is 11.5. The van der Waals surface area contributed by atoms with Gasteiger partial charge in [-0.2, -0.15) is 0 Å². The maximum atomic E-state index is 11.5. The lowest BCUT2D eigenvalue weighted by molar-refractivity contribution is 0.110. The van der Waals surface area contributed by atoms with E-state index in [2.05, 4.69) is 9.97 Å². The number of sulfone groups is 1. The van der Waals surface area contributed by atoms with Crippen LogP contribution in [-0.4, -0.2) is 60.4 Å². The summed E-state index contributed by atoms with van der Waals surface area (Å²) in [7, 11) is -3.22. The first-order chi connectivity index (χ1) is 12.8. The molecule has 1 aromatic carbocycles. The monoisotopic (exact) mass is 391 g/mol. The number of hydrogen-bond donors (Lipinski definition) is 1. The van der Waals surface area contributed by atoms with E-state index in [1.807, 2.05) is 0 Å². The third-order valence-electron chi connectivity index (χ3n) is 4.58. The van der Waals surface area contributed by atoms with Crippen molar-refractivity contribution in [1.29, 1.82) is 0 Å². The zero-order chi connectivity index (χ0) is 19.4. The molecular formula is C18H21N3O5S. The van der Waals surface area contributed by atoms with Crippen molar-refractivity contribution in [1.82, 2.24) is 14.9 Å². The van der Waals surface area contributed by atoms with E-state index in [9.17, 15) is 13.2 Å². The van der Waals surface area contributed by atoms with Crippen molar-refractivity contribution in [2.24, 2.45) is 5.92 Å². The van der Waals surface area contributed by atoms with E-state index in [0.717, 1.165) is 24.0 Å². The fourth-order valence-corrected chi connectivity index (χ4v) is 3.55. The van der Waals surface area contributed by atoms with Gasteiger partial charge in [-0.1, -0.05) is 12.1 Å². The first-order valence-electron chi connectivity index (χ1n) is 8.56. The Kier molecular flexibility index (Phi) is 5.59. The van der Waals surface area contributed by atoms with Crippen LogP contribution >= 0.6 is 0 Å². The Bertz CT molecular complexity index is 890. The van der Waals surface area contributed by atoms with Crippen LogP contribution in [0.1, 0.15) is 12.8 Å². The van der Waals surface area contributed by atoms with Gasteiger partial charge in [0.2, 0.25) is 0 Å². The molecule has 0 saturated carbocycles. The number of benzene rings is 1. The number of nitrogens with zero attached hydrogens (tertiary/aromatic N) is 3. The van der Waals surface area contributed by atoms with Crippen molar-refractivity contribution >= 4 is 15.9 Å². The summed E-state index contributed by atoms with van der Waals surface area (Å²) in [5, 5.41) is 8.95. The Labute approximate surface area is 157 Å². The highest BCUT2D eigenvalue weighted by Crippen LogP contribution is 2.22. The van der Waals surface area contributed by atoms with Crippen molar-refractivity contribution in [3.8, 4) is 17.1 Å². The number of piperidine rings is 1. The number of carbonyl (C=O) groups is 1. The third kappa shape index (κ3) is 4.94. The summed E-state index contributed by atoms with van der Waals surface area (Å²) in [5.41, 5.74) is 1.58. The minimum atomic E-state index is -3.22. The molecule has 2 aromatic rings. The predicted molar refractivity (Wildman–Crippen MR) is 98.4 cm³/mol. The second-order valence-corrected chi connectivity index (χ2v) is 8.59. The number of amides is 1. The fraction of sp³-hybridized carbons (Fsp3) is 0.389. The first kappa shape index (κ1) is 19.1. The van der Waals surface area contributed by atoms with E-state index in [1.165, 1.54) is 11.2 Å². The standard InChI is InChI=1S/C18H21N3O5S/c1-27(24,25)16-4-2-14(3-5-16)15-10-19-17(20-11-15)26-12-13-6-8-21(9-7-13)18(22)23/h2-5,10-11,13H,6-9,12H2,1H3,(H,22,23). The number of rotatable bonds is 5. The molecule has 0 aliphatic carbocycles. The molecule has 0 radical (unpaired) electrons. The van der Waals surface area contributed by atoms with Crippen molar-refractivity contribution in [3.63, 3.8) is 0 Å². The minimum absolute atomic E-state index is 0.265. The van der Waals surface area contributed by atoms with E-state index < -0.39 is 15.9 Å². The molecular weight excluding hydrogens is 370 g/mol. The summed E-state index contributed by atoms with van der Waals surface area (Å²) in [6.07, 6.45) is 5.07. The third-order valence-corrected chi connectivity index (χ3v) is 5.71. The summed E-state index contributed by atoms with van der Waals surface area (Å²) in [6.45, 7) is 1.50. The lowest BCUT2D eigenvalue weighted by atomic mass is 9.98. The Morgan fingerprint density at radius 2 is 1.74 bits per heavy atom. The number of hydrogen-bond acceptors (Lipinski definition) is 6. The zero-order valence-corrected chi connectivity index (χ0v) is 15.7. The molecule has 1 aromatic heterocycles. The lowest BCUT2D eigenvalue weighted by Crippen LogP contribution is -2.38. The van der Waals surface area contributed by atoms with E-state index >= 15 is 0 Å². The van der Waals surface area contributed by atoms with E-state index in [-0.39, 0.29) is 16.8 Å². The predicted octanol–water partition coefficient (Wildman–Crippen LogP) is 2.32. The van der Waals surface area contributed by atoms with Crippen molar-refractivity contribution in [2.75, 3.05) is 26.0 Å². The smallest absolute Gasteiger partial charge is 0.407 e. The van der Waals surface area contributed by atoms with Crippen molar-refractivity contribution in [3.05, 3.63) is 36.7 Å². The lowest BCUT2D eigenvalue weighted by Gasteiger charge is -2.29. The molecule has 27 heavy (non-hydrogen) atoms. The van der Waals surface area contributed by atoms with E-state index in [4.69, 9.17) is 9.84 Å². The average Bonchev–Trinajstić information content (AvgIpc) is 2.66. The molecule has 1 saturated heterocycles. The highest BCUT2D eigenvalue weighted by atomic mass is 32.2. The first-order valence-corrected chi connectivity index (χ1v) is 10.5. The maximum Gasteiger partial charge on any atom is 0.407 e. The summed E-state index contributed by atoms with van der Waals surface area (Å²) in [5.74, 6) is 0.285. The molecule has 1 aliphatic rings. The molecule has 144 valence electrons. The van der Waals surface area contributed by atoms with Gasteiger partial charge in [0.15, 0.2) is 9.84 Å². The van der Waals surface area contributed by atoms with Crippen LogP contribution in [0.2, 0.25) is 0 Å². The molecule has 1 fully saturated rings. The van der Waals surface area contributed by atoms with Gasteiger partial charge in [0.05, 0.1) is 11.5 Å². The van der Waals surface area contributed by atoms with Crippen LogP contribution in [0.25, 0.3) is 11.1 Å². The summed E-state index contributed by atoms with van der Waals surface area (Å²) in [6, 6.07) is 6.81. The second-order valence-electron chi connectivity index (χ2n) is 6.57. The van der Waals surface area contributed by atoms with E-state index in [1.54, 1.807) is 36.7 Å². The largest absolute Gasteiger partial charge is 0.465 e. The second kappa shape index (κ2) is 7.91. The van der Waals surface area contributed by atoms with Crippen LogP contribution in [-0.2, 0) is 9.84 Å². The van der Waals surface area contributed by atoms with E-state index in [0.29, 0.717) is 19.7 Å². The number of carboxylic acid groups (broad SMARTS) is 1. The van der Waals surface area contributed by atoms with Gasteiger partial charge in [0.1, 0.15) is 0 Å². The molecule has 0 bridgehead atoms. The van der Waals surface area contributed by atoms with Crippen LogP contribution in [0.5, 0.6) is 6.01 Å². The number of aromatic nitrogens is 2. The Morgan fingerprint density at radius 1 is 1.15 bits per heavy atom. The molecule has 2 heterocycles. The Hall–Kier alpha value is -2.68. The van der Waals surface area contributed by atoms with Gasteiger partial charge >= 0.3 is 12.1 Å². The SMILES string of the molecule is CS(=O)(=O)c1ccc(-c2cnc(OCC3CCN(C(=O)O)CC3)nc2)cc1. The summed E-state index contributed by atoms with van der Waals surface area (Å²) in [4.78, 5) is 21.0. The van der Waals surface area contributed by atoms with Gasteiger partial charge in [-0.25, -0.2) is 23.2 Å². The number of likely N-dealkylation sites (tertiary alicyclic amines) is 1. The summed E-state index contributed by atoms with van der Waals surface area (Å²) >= 11 is 0. The van der Waals surface area contributed by atoms with Crippen molar-refractivity contribution < 1.29 is 23.1 Å². The van der Waals surface area contributed by atoms with Gasteiger partial charge in [0.25, 0.3) is 0 Å². The van der Waals surface area contributed by atoms with Crippen LogP contribution in [0.4, 0.5) is 4.79 Å². The van der Waals surface area contributed by atoms with Crippen LogP contribution in [0.3, 0.4) is 0 Å². The molecule has 9 heteroatoms. The highest BCUT2D eigenvalue weighted by molar-refractivity contribution is 7.90. The van der Waals surface area contributed by atoms with Crippen LogP contribution < -0.4 is 4.74 Å². The molecule has 1 aliphatic heterocycles. The minimum Gasteiger partial charge on any atom is -0.465 e. The molecule has 0 atom stereocenters. The summed E-state index contributed by atoms with van der Waals surface area (Å²) < 4.78 is 28.6. The normalized spacial score (nSPS) is 15.5. The average molecular weight is 391 g/mol. The van der Waals surface area contributed by atoms with Gasteiger partial charge in [-0.3, -0.25) is 0 Å². The molecule has 1 N–H and O–H groups in total. The van der Waals surface area contributed by atoms with Gasteiger partial charge < -0.3 is 14.7 Å². The molecule has 0 spiro atoms. The Morgan fingerprint density at radius 3 is 2.26 bits per heavy atom. The quantitative estimate of drug-likeness (QED) is 0.833. The molecule has 3 rings (SSSR count).